The highest BCUT2D eigenvalue weighted by Gasteiger charge is 2.23. The summed E-state index contributed by atoms with van der Waals surface area (Å²) in [5.41, 5.74) is 0.581. The lowest BCUT2D eigenvalue weighted by atomic mass is 10.2. The maximum absolute atomic E-state index is 12.9. The number of halogens is 1. The molecule has 0 aliphatic carbocycles. The van der Waals surface area contributed by atoms with Crippen molar-refractivity contribution >= 4 is 27.7 Å². The summed E-state index contributed by atoms with van der Waals surface area (Å²) < 4.78 is 6.42. The largest absolute Gasteiger partial charge is 0.379 e. The van der Waals surface area contributed by atoms with Crippen LogP contribution in [-0.2, 0) is 9.53 Å². The van der Waals surface area contributed by atoms with Gasteiger partial charge in [0.1, 0.15) is 6.54 Å². The molecule has 0 bridgehead atoms. The van der Waals surface area contributed by atoms with Crippen LogP contribution in [0, 0.1) is 0 Å². The number of rotatable bonds is 8. The van der Waals surface area contributed by atoms with Gasteiger partial charge in [0.2, 0.25) is 5.91 Å². The van der Waals surface area contributed by atoms with Crippen molar-refractivity contribution in [2.75, 3.05) is 45.9 Å². The van der Waals surface area contributed by atoms with Crippen molar-refractivity contribution in [3.05, 3.63) is 34.3 Å². The Morgan fingerprint density at radius 2 is 2.04 bits per heavy atom. The first-order chi connectivity index (χ1) is 12.5. The zero-order valence-corrected chi connectivity index (χ0v) is 17.1. The standard InChI is InChI=1S/C19H28BrN3O3/c1-15(2)26-12-4-9-23(14-18(24)22-10-7-21-8-11-22)19(25)16-5-3-6-17(20)13-16/h3,5-6,13,15,21H,4,7-12,14H2,1-2H3. The molecule has 7 heteroatoms. The molecule has 0 radical (unpaired) electrons. The Balaban J connectivity index is 2.02. The molecule has 2 rings (SSSR count). The quantitative estimate of drug-likeness (QED) is 0.648. The van der Waals surface area contributed by atoms with E-state index < -0.39 is 0 Å². The molecule has 0 saturated carbocycles. The average molecular weight is 426 g/mol. The van der Waals surface area contributed by atoms with E-state index >= 15 is 0 Å². The molecule has 0 unspecified atom stereocenters. The van der Waals surface area contributed by atoms with E-state index in [2.05, 4.69) is 21.2 Å². The lowest BCUT2D eigenvalue weighted by molar-refractivity contribution is -0.132. The highest BCUT2D eigenvalue weighted by Crippen LogP contribution is 2.14. The van der Waals surface area contributed by atoms with Crippen LogP contribution in [0.25, 0.3) is 0 Å². The Bertz CT molecular complexity index is 603. The van der Waals surface area contributed by atoms with E-state index in [-0.39, 0.29) is 24.5 Å². The van der Waals surface area contributed by atoms with Gasteiger partial charge in [0.15, 0.2) is 0 Å². The van der Waals surface area contributed by atoms with Gasteiger partial charge in [-0.1, -0.05) is 22.0 Å². The van der Waals surface area contributed by atoms with Gasteiger partial charge in [-0.25, -0.2) is 0 Å². The molecule has 144 valence electrons. The average Bonchev–Trinajstić information content (AvgIpc) is 2.64. The van der Waals surface area contributed by atoms with Gasteiger partial charge in [-0.2, -0.15) is 0 Å². The topological polar surface area (TPSA) is 61.9 Å². The number of carbonyl (C=O) groups is 2. The minimum absolute atomic E-state index is 0.000347. The molecule has 0 aromatic heterocycles. The number of benzene rings is 1. The van der Waals surface area contributed by atoms with Crippen LogP contribution >= 0.6 is 15.9 Å². The summed E-state index contributed by atoms with van der Waals surface area (Å²) in [6, 6.07) is 7.27. The van der Waals surface area contributed by atoms with E-state index in [4.69, 9.17) is 4.74 Å². The monoisotopic (exact) mass is 425 g/mol. The van der Waals surface area contributed by atoms with Gasteiger partial charge in [-0.15, -0.1) is 0 Å². The number of nitrogens with zero attached hydrogens (tertiary/aromatic N) is 2. The molecule has 26 heavy (non-hydrogen) atoms. The summed E-state index contributed by atoms with van der Waals surface area (Å²) in [7, 11) is 0. The van der Waals surface area contributed by atoms with Crippen LogP contribution in [0.3, 0.4) is 0 Å². The number of carbonyl (C=O) groups excluding carboxylic acids is 2. The molecule has 1 fully saturated rings. The van der Waals surface area contributed by atoms with Crippen molar-refractivity contribution < 1.29 is 14.3 Å². The van der Waals surface area contributed by atoms with Crippen LogP contribution < -0.4 is 5.32 Å². The van der Waals surface area contributed by atoms with Gasteiger partial charge >= 0.3 is 0 Å². The predicted molar refractivity (Wildman–Crippen MR) is 105 cm³/mol. The highest BCUT2D eigenvalue weighted by molar-refractivity contribution is 9.10. The van der Waals surface area contributed by atoms with Crippen LogP contribution in [0.1, 0.15) is 30.6 Å². The Labute approximate surface area is 164 Å². The summed E-state index contributed by atoms with van der Waals surface area (Å²) >= 11 is 3.40. The molecule has 2 amide bonds. The second kappa shape index (κ2) is 10.6. The lowest BCUT2D eigenvalue weighted by Crippen LogP contribution is -2.50. The fraction of sp³-hybridized carbons (Fsp3) is 0.579. The van der Waals surface area contributed by atoms with E-state index in [1.54, 1.807) is 17.0 Å². The molecule has 1 heterocycles. The number of piperazine rings is 1. The van der Waals surface area contributed by atoms with E-state index in [1.165, 1.54) is 0 Å². The predicted octanol–water partition coefficient (Wildman–Crippen LogP) is 2.14. The van der Waals surface area contributed by atoms with Gasteiger partial charge in [0.05, 0.1) is 6.10 Å². The molecule has 1 saturated heterocycles. The minimum Gasteiger partial charge on any atom is -0.379 e. The molecular formula is C19H28BrN3O3. The molecule has 1 N–H and O–H groups in total. The smallest absolute Gasteiger partial charge is 0.254 e. The van der Waals surface area contributed by atoms with Crippen LogP contribution in [-0.4, -0.2) is 73.6 Å². The van der Waals surface area contributed by atoms with Crippen molar-refractivity contribution in [1.82, 2.24) is 15.1 Å². The summed E-state index contributed by atoms with van der Waals surface area (Å²) in [4.78, 5) is 29.0. The Hall–Kier alpha value is -1.44. The van der Waals surface area contributed by atoms with Gasteiger partial charge < -0.3 is 19.9 Å². The number of nitrogens with one attached hydrogen (secondary N) is 1. The number of hydrogen-bond acceptors (Lipinski definition) is 4. The molecule has 6 nitrogen and oxygen atoms in total. The van der Waals surface area contributed by atoms with Crippen LogP contribution in [0.2, 0.25) is 0 Å². The van der Waals surface area contributed by atoms with Gasteiger partial charge in [0, 0.05) is 49.4 Å². The number of hydrogen-bond donors (Lipinski definition) is 1. The SMILES string of the molecule is CC(C)OCCCN(CC(=O)N1CCNCC1)C(=O)c1cccc(Br)c1. The third-order valence-electron chi connectivity index (χ3n) is 4.18. The summed E-state index contributed by atoms with van der Waals surface area (Å²) in [6.07, 6.45) is 0.860. The molecule has 1 aromatic carbocycles. The zero-order chi connectivity index (χ0) is 18.9. The fourth-order valence-corrected chi connectivity index (χ4v) is 3.21. The minimum atomic E-state index is -0.126. The van der Waals surface area contributed by atoms with E-state index in [9.17, 15) is 9.59 Å². The molecule has 0 atom stereocenters. The maximum Gasteiger partial charge on any atom is 0.254 e. The summed E-state index contributed by atoms with van der Waals surface area (Å²) in [5.74, 6) is -0.126. The number of ether oxygens (including phenoxy) is 1. The third-order valence-corrected chi connectivity index (χ3v) is 4.67. The van der Waals surface area contributed by atoms with Crippen molar-refractivity contribution in [3.8, 4) is 0 Å². The molecule has 1 aliphatic rings. The Kier molecular flexibility index (Phi) is 8.54. The van der Waals surface area contributed by atoms with E-state index in [0.29, 0.717) is 38.2 Å². The first kappa shape index (κ1) is 20.9. The van der Waals surface area contributed by atoms with Crippen molar-refractivity contribution in [1.29, 1.82) is 0 Å². The van der Waals surface area contributed by atoms with Crippen molar-refractivity contribution in [2.24, 2.45) is 0 Å². The van der Waals surface area contributed by atoms with E-state index in [1.807, 2.05) is 30.9 Å². The normalized spacial score (nSPS) is 14.5. The van der Waals surface area contributed by atoms with Crippen LogP contribution in [0.4, 0.5) is 0 Å². The first-order valence-electron chi connectivity index (χ1n) is 9.12. The van der Waals surface area contributed by atoms with Crippen molar-refractivity contribution in [2.45, 2.75) is 26.4 Å². The van der Waals surface area contributed by atoms with Crippen LogP contribution in [0.15, 0.2) is 28.7 Å². The Morgan fingerprint density at radius 1 is 1.31 bits per heavy atom. The summed E-state index contributed by atoms with van der Waals surface area (Å²) in [5, 5.41) is 3.23. The zero-order valence-electron chi connectivity index (χ0n) is 15.5. The van der Waals surface area contributed by atoms with Gasteiger partial charge in [-0.05, 0) is 38.5 Å². The molecular weight excluding hydrogens is 398 g/mol. The maximum atomic E-state index is 12.9. The van der Waals surface area contributed by atoms with Gasteiger partial charge in [0.25, 0.3) is 5.91 Å². The lowest BCUT2D eigenvalue weighted by Gasteiger charge is -2.30. The second-order valence-electron chi connectivity index (χ2n) is 6.64. The molecule has 1 aromatic rings. The third kappa shape index (κ3) is 6.70. The van der Waals surface area contributed by atoms with Crippen molar-refractivity contribution in [3.63, 3.8) is 0 Å². The van der Waals surface area contributed by atoms with E-state index in [0.717, 1.165) is 17.6 Å². The number of amides is 2. The van der Waals surface area contributed by atoms with Crippen LogP contribution in [0.5, 0.6) is 0 Å². The molecule has 0 spiro atoms. The van der Waals surface area contributed by atoms with Gasteiger partial charge in [-0.3, -0.25) is 9.59 Å². The highest BCUT2D eigenvalue weighted by atomic mass is 79.9. The molecule has 1 aliphatic heterocycles. The first-order valence-corrected chi connectivity index (χ1v) is 9.91. The Morgan fingerprint density at radius 3 is 2.69 bits per heavy atom. The fourth-order valence-electron chi connectivity index (χ4n) is 2.81. The second-order valence-corrected chi connectivity index (χ2v) is 7.56. The summed E-state index contributed by atoms with van der Waals surface area (Å²) in [6.45, 7) is 8.12.